The largest absolute Gasteiger partial charge is 0.366 e. The van der Waals surface area contributed by atoms with E-state index in [0.29, 0.717) is 0 Å². The molecule has 0 radical (unpaired) electrons. The van der Waals surface area contributed by atoms with Gasteiger partial charge < -0.3 is 9.80 Å². The lowest BCUT2D eigenvalue weighted by atomic mass is 10.1. The first-order valence-electron chi connectivity index (χ1n) is 4.54. The van der Waals surface area contributed by atoms with E-state index in [1.54, 1.807) is 0 Å². The van der Waals surface area contributed by atoms with E-state index in [0.717, 1.165) is 0 Å². The summed E-state index contributed by atoms with van der Waals surface area (Å²) in [5, 5.41) is 0. The Morgan fingerprint density at radius 1 is 0.714 bits per heavy atom. The predicted molar refractivity (Wildman–Crippen MR) is 71.5 cm³/mol. The van der Waals surface area contributed by atoms with Gasteiger partial charge in [-0.2, -0.15) is 0 Å². The van der Waals surface area contributed by atoms with E-state index in [1.807, 2.05) is 0 Å². The molecule has 4 heteroatoms. The molecule has 2 bridgehead atoms. The number of benzene rings is 1. The molecule has 0 unspecified atom stereocenters. The molecule has 3 aliphatic heterocycles. The van der Waals surface area contributed by atoms with Crippen LogP contribution < -0.4 is 9.80 Å². The first-order chi connectivity index (χ1) is 5.95. The fourth-order valence-corrected chi connectivity index (χ4v) is 2.19. The van der Waals surface area contributed by atoms with Crippen LogP contribution in [0.4, 0.5) is 11.4 Å². The molecule has 1 fully saturated rings. The molecular weight excluding hydrogens is 308 g/mol. The van der Waals surface area contributed by atoms with Crippen molar-refractivity contribution in [2.75, 3.05) is 36.0 Å². The Hall–Kier alpha value is -0.220. The SMILES string of the molecule is Br.Br.c1ccc2c(c1)N1CCN2CC1. The molecule has 14 heavy (non-hydrogen) atoms. The van der Waals surface area contributed by atoms with Gasteiger partial charge in [-0.1, -0.05) is 12.1 Å². The van der Waals surface area contributed by atoms with Gasteiger partial charge in [0, 0.05) is 26.2 Å². The van der Waals surface area contributed by atoms with Gasteiger partial charge in [-0.05, 0) is 12.1 Å². The van der Waals surface area contributed by atoms with Crippen molar-refractivity contribution in [2.24, 2.45) is 0 Å². The van der Waals surface area contributed by atoms with Crippen LogP contribution >= 0.6 is 34.0 Å². The smallest absolute Gasteiger partial charge is 0.0605 e. The minimum Gasteiger partial charge on any atom is -0.366 e. The van der Waals surface area contributed by atoms with Gasteiger partial charge in [0.05, 0.1) is 11.4 Å². The second kappa shape index (κ2) is 4.53. The number of piperazine rings is 1. The van der Waals surface area contributed by atoms with Crippen LogP contribution in [0.1, 0.15) is 0 Å². The van der Waals surface area contributed by atoms with Gasteiger partial charge in [0.25, 0.3) is 0 Å². The molecule has 1 saturated heterocycles. The van der Waals surface area contributed by atoms with Crippen LogP contribution in [0.2, 0.25) is 0 Å². The van der Waals surface area contributed by atoms with Gasteiger partial charge in [0.15, 0.2) is 0 Å². The summed E-state index contributed by atoms with van der Waals surface area (Å²) >= 11 is 0. The van der Waals surface area contributed by atoms with Crippen LogP contribution in [0.5, 0.6) is 0 Å². The number of fused-ring (bicyclic) bond motifs is 2. The second-order valence-corrected chi connectivity index (χ2v) is 3.46. The van der Waals surface area contributed by atoms with Gasteiger partial charge in [-0.3, -0.25) is 0 Å². The highest BCUT2D eigenvalue weighted by Crippen LogP contribution is 2.35. The quantitative estimate of drug-likeness (QED) is 0.724. The maximum atomic E-state index is 2.48. The summed E-state index contributed by atoms with van der Waals surface area (Å²) in [6, 6.07) is 8.70. The molecule has 0 saturated carbocycles. The fourth-order valence-electron chi connectivity index (χ4n) is 2.19. The summed E-state index contributed by atoms with van der Waals surface area (Å²) in [4.78, 5) is 4.96. The van der Waals surface area contributed by atoms with E-state index in [9.17, 15) is 0 Å². The third-order valence-corrected chi connectivity index (χ3v) is 2.84. The highest BCUT2D eigenvalue weighted by atomic mass is 79.9. The van der Waals surface area contributed by atoms with Crippen LogP contribution in [0, 0.1) is 0 Å². The summed E-state index contributed by atoms with van der Waals surface area (Å²) in [6.45, 7) is 4.82. The first-order valence-corrected chi connectivity index (χ1v) is 4.54. The predicted octanol–water partition coefficient (Wildman–Crippen LogP) is 2.48. The van der Waals surface area contributed by atoms with Crippen LogP contribution in [0.25, 0.3) is 0 Å². The fraction of sp³-hybridized carbons (Fsp3) is 0.400. The van der Waals surface area contributed by atoms with E-state index in [-0.39, 0.29) is 34.0 Å². The van der Waals surface area contributed by atoms with Crippen molar-refractivity contribution in [3.8, 4) is 0 Å². The molecule has 0 atom stereocenters. The van der Waals surface area contributed by atoms with Crippen molar-refractivity contribution in [3.63, 3.8) is 0 Å². The average Bonchev–Trinajstić information content (AvgIpc) is 2.20. The third-order valence-electron chi connectivity index (χ3n) is 2.84. The summed E-state index contributed by atoms with van der Waals surface area (Å²) < 4.78 is 0. The zero-order valence-electron chi connectivity index (χ0n) is 7.85. The molecule has 3 aliphatic rings. The average molecular weight is 322 g/mol. The minimum atomic E-state index is 0. The van der Waals surface area contributed by atoms with Gasteiger partial charge in [-0.15, -0.1) is 34.0 Å². The van der Waals surface area contributed by atoms with E-state index in [2.05, 4.69) is 34.1 Å². The van der Waals surface area contributed by atoms with Gasteiger partial charge in [-0.25, -0.2) is 0 Å². The zero-order chi connectivity index (χ0) is 7.97. The van der Waals surface area contributed by atoms with Gasteiger partial charge >= 0.3 is 0 Å². The van der Waals surface area contributed by atoms with E-state index < -0.39 is 0 Å². The molecular formula is C10H14Br2N2. The number of rotatable bonds is 0. The van der Waals surface area contributed by atoms with Crippen LogP contribution in [-0.2, 0) is 0 Å². The van der Waals surface area contributed by atoms with Crippen LogP contribution in [-0.4, -0.2) is 26.2 Å². The van der Waals surface area contributed by atoms with Gasteiger partial charge in [0.1, 0.15) is 0 Å². The standard InChI is InChI=1S/C10H12N2.2BrH/c1-2-4-10-9(3-1)11-5-7-12(10)8-6-11;;/h1-4H,5-8H2;2*1H. The molecule has 3 heterocycles. The topological polar surface area (TPSA) is 6.48 Å². The second-order valence-electron chi connectivity index (χ2n) is 3.46. The molecule has 0 spiro atoms. The molecule has 1 aromatic rings. The summed E-state index contributed by atoms with van der Waals surface area (Å²) in [7, 11) is 0. The third kappa shape index (κ3) is 1.65. The van der Waals surface area contributed by atoms with Crippen molar-refractivity contribution in [1.29, 1.82) is 0 Å². The lowest BCUT2D eigenvalue weighted by Crippen LogP contribution is -2.51. The van der Waals surface area contributed by atoms with Crippen molar-refractivity contribution >= 4 is 45.3 Å². The summed E-state index contributed by atoms with van der Waals surface area (Å²) in [5.41, 5.74) is 2.85. The molecule has 0 N–H and O–H groups in total. The first kappa shape index (κ1) is 11.9. The Kier molecular flexibility index (Phi) is 3.84. The molecule has 2 nitrogen and oxygen atoms in total. The molecule has 0 amide bonds. The lowest BCUT2D eigenvalue weighted by Gasteiger charge is -2.45. The van der Waals surface area contributed by atoms with Crippen molar-refractivity contribution < 1.29 is 0 Å². The monoisotopic (exact) mass is 320 g/mol. The maximum absolute atomic E-state index is 2.48. The van der Waals surface area contributed by atoms with E-state index >= 15 is 0 Å². The van der Waals surface area contributed by atoms with Crippen molar-refractivity contribution in [3.05, 3.63) is 24.3 Å². The highest BCUT2D eigenvalue weighted by molar-refractivity contribution is 8.93. The Balaban J connectivity index is 0.000000490. The number of hydrogen-bond donors (Lipinski definition) is 0. The number of anilines is 2. The van der Waals surface area contributed by atoms with Crippen LogP contribution in [0.15, 0.2) is 24.3 Å². The van der Waals surface area contributed by atoms with E-state index in [4.69, 9.17) is 0 Å². The Morgan fingerprint density at radius 3 is 1.43 bits per heavy atom. The van der Waals surface area contributed by atoms with Crippen molar-refractivity contribution in [2.45, 2.75) is 0 Å². The molecule has 0 aromatic heterocycles. The van der Waals surface area contributed by atoms with E-state index in [1.165, 1.54) is 37.6 Å². The highest BCUT2D eigenvalue weighted by Gasteiger charge is 2.26. The Labute approximate surface area is 105 Å². The minimum absolute atomic E-state index is 0. The molecule has 78 valence electrons. The molecule has 1 aromatic carbocycles. The number of hydrogen-bond acceptors (Lipinski definition) is 2. The maximum Gasteiger partial charge on any atom is 0.0605 e. The Bertz CT molecular complexity index is 278. The number of halogens is 2. The summed E-state index contributed by atoms with van der Waals surface area (Å²) in [5.74, 6) is 0. The molecule has 0 aliphatic carbocycles. The van der Waals surface area contributed by atoms with Crippen LogP contribution in [0.3, 0.4) is 0 Å². The lowest BCUT2D eigenvalue weighted by molar-refractivity contribution is 0.624. The summed E-state index contributed by atoms with van der Waals surface area (Å²) in [6.07, 6.45) is 0. The van der Waals surface area contributed by atoms with Gasteiger partial charge in [0.2, 0.25) is 0 Å². The Morgan fingerprint density at radius 2 is 1.07 bits per heavy atom. The van der Waals surface area contributed by atoms with Crippen molar-refractivity contribution in [1.82, 2.24) is 0 Å². The number of para-hydroxylation sites is 2. The molecule has 4 rings (SSSR count). The zero-order valence-corrected chi connectivity index (χ0v) is 11.3. The normalized spacial score (nSPS) is 16.9. The number of nitrogens with zero attached hydrogens (tertiary/aromatic N) is 2.